The predicted octanol–water partition coefficient (Wildman–Crippen LogP) is 6.02. The Kier molecular flexibility index (Phi) is 6.22. The molecule has 0 fully saturated rings. The van der Waals surface area contributed by atoms with Crippen molar-refractivity contribution in [2.24, 2.45) is 5.92 Å². The first-order chi connectivity index (χ1) is 12.7. The maximum Gasteiger partial charge on any atom is 0.137 e. The molecule has 1 unspecified atom stereocenters. The molecule has 1 aliphatic rings. The van der Waals surface area contributed by atoms with Crippen molar-refractivity contribution in [1.29, 1.82) is 0 Å². The van der Waals surface area contributed by atoms with Crippen molar-refractivity contribution in [1.82, 2.24) is 0 Å². The van der Waals surface area contributed by atoms with Gasteiger partial charge in [0.25, 0.3) is 0 Å². The van der Waals surface area contributed by atoms with Crippen molar-refractivity contribution < 1.29 is 4.79 Å². The summed E-state index contributed by atoms with van der Waals surface area (Å²) >= 11 is 0. The first kappa shape index (κ1) is 18.4. The van der Waals surface area contributed by atoms with Gasteiger partial charge in [0, 0.05) is 18.8 Å². The molecule has 0 amide bonds. The van der Waals surface area contributed by atoms with Crippen molar-refractivity contribution in [3.63, 3.8) is 0 Å². The van der Waals surface area contributed by atoms with Crippen molar-refractivity contribution in [2.45, 2.75) is 46.0 Å². The Hall–Kier alpha value is -2.41. The predicted molar refractivity (Wildman–Crippen MR) is 109 cm³/mol. The number of Topliss-reactive ketones (excluding diaryl/α,β-unsaturated/α-hetero) is 1. The molecule has 3 rings (SSSR count). The van der Waals surface area contributed by atoms with Crippen LogP contribution in [-0.4, -0.2) is 5.78 Å². The highest BCUT2D eigenvalue weighted by Gasteiger charge is 2.21. The summed E-state index contributed by atoms with van der Waals surface area (Å²) in [6, 6.07) is 18.9. The summed E-state index contributed by atoms with van der Waals surface area (Å²) in [5.74, 6) is 0.837. The van der Waals surface area contributed by atoms with E-state index in [1.807, 2.05) is 0 Å². The number of carbonyl (C=O) groups excluding carboxylic acids is 1. The van der Waals surface area contributed by atoms with Crippen molar-refractivity contribution in [3.8, 4) is 0 Å². The number of rotatable bonds is 8. The van der Waals surface area contributed by atoms with Gasteiger partial charge in [-0.05, 0) is 37.3 Å². The number of ketones is 1. The molecule has 0 bridgehead atoms. The van der Waals surface area contributed by atoms with Gasteiger partial charge in [0.05, 0.1) is 0 Å². The molecule has 0 spiro atoms. The van der Waals surface area contributed by atoms with Crippen LogP contribution in [0.15, 0.2) is 77.9 Å². The summed E-state index contributed by atoms with van der Waals surface area (Å²) in [7, 11) is 0. The molecule has 1 heteroatoms. The molecule has 0 radical (unpaired) electrons. The monoisotopic (exact) mass is 344 g/mol. The fourth-order valence-electron chi connectivity index (χ4n) is 3.79. The van der Waals surface area contributed by atoms with Gasteiger partial charge in [-0.25, -0.2) is 0 Å². The molecule has 0 aliphatic heterocycles. The normalized spacial score (nSPS) is 16.3. The molecular formula is C25H28O. The lowest BCUT2D eigenvalue weighted by atomic mass is 9.86. The summed E-state index contributed by atoms with van der Waals surface area (Å²) in [6.07, 6.45) is 8.73. The van der Waals surface area contributed by atoms with Gasteiger partial charge in [0.2, 0.25) is 0 Å². The lowest BCUT2D eigenvalue weighted by molar-refractivity contribution is -0.118. The fourth-order valence-corrected chi connectivity index (χ4v) is 3.79. The van der Waals surface area contributed by atoms with Crippen LogP contribution in [-0.2, 0) is 17.6 Å². The lowest BCUT2D eigenvalue weighted by Crippen LogP contribution is -2.08. The van der Waals surface area contributed by atoms with E-state index in [0.29, 0.717) is 24.5 Å². The van der Waals surface area contributed by atoms with Crippen molar-refractivity contribution in [2.75, 3.05) is 0 Å². The third-order valence-corrected chi connectivity index (χ3v) is 5.28. The van der Waals surface area contributed by atoms with Crippen molar-refractivity contribution >= 4 is 5.78 Å². The molecule has 0 saturated heterocycles. The Labute approximate surface area is 157 Å². The molecule has 0 N–H and O–H groups in total. The Bertz CT molecular complexity index is 794. The highest BCUT2D eigenvalue weighted by Crippen LogP contribution is 2.34. The first-order valence-corrected chi connectivity index (χ1v) is 9.66. The zero-order chi connectivity index (χ0) is 18.4. The Morgan fingerprint density at radius 2 is 1.58 bits per heavy atom. The second-order valence-electron chi connectivity index (χ2n) is 7.31. The van der Waals surface area contributed by atoms with E-state index in [4.69, 9.17) is 0 Å². The molecule has 26 heavy (non-hydrogen) atoms. The fraction of sp³-hybridized carbons (Fsp3) is 0.320. The van der Waals surface area contributed by atoms with Crippen LogP contribution in [0.1, 0.15) is 42.9 Å². The molecule has 2 aromatic rings. The van der Waals surface area contributed by atoms with Crippen molar-refractivity contribution in [3.05, 3.63) is 94.6 Å². The minimum Gasteiger partial charge on any atom is -0.299 e. The zero-order valence-electron chi connectivity index (χ0n) is 15.9. The maximum atomic E-state index is 12.4. The van der Waals surface area contributed by atoms with Gasteiger partial charge in [-0.3, -0.25) is 4.79 Å². The van der Waals surface area contributed by atoms with Crippen LogP contribution in [0.5, 0.6) is 0 Å². The average molecular weight is 344 g/mol. The van der Waals surface area contributed by atoms with Gasteiger partial charge >= 0.3 is 0 Å². The Balaban J connectivity index is 1.52. The molecule has 1 aliphatic carbocycles. The third-order valence-electron chi connectivity index (χ3n) is 5.28. The molecule has 2 aromatic carbocycles. The quantitative estimate of drug-likeness (QED) is 0.572. The maximum absolute atomic E-state index is 12.4. The molecule has 134 valence electrons. The summed E-state index contributed by atoms with van der Waals surface area (Å²) in [6.45, 7) is 4.32. The van der Waals surface area contributed by atoms with E-state index in [-0.39, 0.29) is 0 Å². The van der Waals surface area contributed by atoms with Crippen LogP contribution in [0.4, 0.5) is 0 Å². The van der Waals surface area contributed by atoms with Gasteiger partial charge in [-0.1, -0.05) is 90.4 Å². The van der Waals surface area contributed by atoms with Gasteiger partial charge in [0.1, 0.15) is 5.78 Å². The zero-order valence-corrected chi connectivity index (χ0v) is 15.9. The van der Waals surface area contributed by atoms with Gasteiger partial charge < -0.3 is 0 Å². The van der Waals surface area contributed by atoms with Gasteiger partial charge in [-0.2, -0.15) is 0 Å². The molecule has 0 saturated carbocycles. The molecule has 1 nitrogen and oxygen atoms in total. The van der Waals surface area contributed by atoms with E-state index in [0.717, 1.165) is 24.8 Å². The summed E-state index contributed by atoms with van der Waals surface area (Å²) in [5.41, 5.74) is 6.63. The van der Waals surface area contributed by atoms with Gasteiger partial charge in [-0.15, -0.1) is 0 Å². The van der Waals surface area contributed by atoms with E-state index >= 15 is 0 Å². The highest BCUT2D eigenvalue weighted by molar-refractivity contribution is 5.81. The van der Waals surface area contributed by atoms with E-state index in [2.05, 4.69) is 80.6 Å². The molecule has 1 atom stereocenters. The second kappa shape index (κ2) is 8.80. The minimum atomic E-state index is 0.334. The van der Waals surface area contributed by atoms with E-state index in [1.165, 1.54) is 22.3 Å². The molecule has 0 aromatic heterocycles. The average Bonchev–Trinajstić information content (AvgIpc) is 3.04. The highest BCUT2D eigenvalue weighted by atomic mass is 16.1. The first-order valence-electron chi connectivity index (χ1n) is 9.66. The lowest BCUT2D eigenvalue weighted by Gasteiger charge is -2.18. The number of hydrogen-bond acceptors (Lipinski definition) is 1. The topological polar surface area (TPSA) is 17.1 Å². The van der Waals surface area contributed by atoms with Crippen LogP contribution in [0, 0.1) is 12.8 Å². The standard InChI is InChI=1S/C25H28O/c1-3-25-22(13-14-23(25)17-20-7-5-4-6-8-20)15-16-24(26)18-21-11-9-19(2)10-12-21/h4-14,25H,3,15-18H2,1-2H3. The van der Waals surface area contributed by atoms with Crippen LogP contribution in [0.25, 0.3) is 0 Å². The van der Waals surface area contributed by atoms with Crippen LogP contribution >= 0.6 is 0 Å². The summed E-state index contributed by atoms with van der Waals surface area (Å²) in [5, 5.41) is 0. The molecule has 0 heterocycles. The van der Waals surface area contributed by atoms with E-state index in [1.54, 1.807) is 0 Å². The largest absolute Gasteiger partial charge is 0.299 e. The Morgan fingerprint density at radius 1 is 0.885 bits per heavy atom. The number of allylic oxidation sites excluding steroid dienone is 4. The number of hydrogen-bond donors (Lipinski definition) is 0. The third kappa shape index (κ3) is 4.82. The van der Waals surface area contributed by atoms with Gasteiger partial charge in [0.15, 0.2) is 0 Å². The Morgan fingerprint density at radius 3 is 2.27 bits per heavy atom. The summed E-state index contributed by atoms with van der Waals surface area (Å²) < 4.78 is 0. The smallest absolute Gasteiger partial charge is 0.137 e. The number of aryl methyl sites for hydroxylation is 1. The van der Waals surface area contributed by atoms with E-state index in [9.17, 15) is 4.79 Å². The minimum absolute atomic E-state index is 0.334. The SMILES string of the molecule is CCC1C(CCC(=O)Cc2ccc(C)cc2)=CC=C1Cc1ccccc1. The second-order valence-corrected chi connectivity index (χ2v) is 7.31. The number of carbonyl (C=O) groups is 1. The summed E-state index contributed by atoms with van der Waals surface area (Å²) in [4.78, 5) is 12.4. The number of benzene rings is 2. The van der Waals surface area contributed by atoms with E-state index < -0.39 is 0 Å². The van der Waals surface area contributed by atoms with Crippen LogP contribution in [0.3, 0.4) is 0 Å². The molecular weight excluding hydrogens is 316 g/mol. The van der Waals surface area contributed by atoms with Crippen LogP contribution < -0.4 is 0 Å². The van der Waals surface area contributed by atoms with Crippen LogP contribution in [0.2, 0.25) is 0 Å².